The van der Waals surface area contributed by atoms with Crippen molar-refractivity contribution in [2.24, 2.45) is 16.2 Å². The first-order valence-electron chi connectivity index (χ1n) is 6.44. The fourth-order valence-electron chi connectivity index (χ4n) is 5.66. The van der Waals surface area contributed by atoms with Gasteiger partial charge in [-0.3, -0.25) is 0 Å². The normalized spacial score (nSPS) is 56.5. The number of hydrogen-bond acceptors (Lipinski definition) is 3. The first kappa shape index (κ1) is 13.5. The number of hydrogen-bond donors (Lipinski definition) is 3. The molecule has 4 rings (SSSR count). The van der Waals surface area contributed by atoms with Crippen molar-refractivity contribution in [3.05, 3.63) is 0 Å². The van der Waals surface area contributed by atoms with Gasteiger partial charge in [0.1, 0.15) is 0 Å². The van der Waals surface area contributed by atoms with E-state index in [4.69, 9.17) is 0 Å². The van der Waals surface area contributed by atoms with E-state index in [9.17, 15) is 0 Å². The van der Waals surface area contributed by atoms with Crippen molar-refractivity contribution in [2.45, 2.75) is 42.8 Å². The number of rotatable bonds is 3. The van der Waals surface area contributed by atoms with E-state index < -0.39 is 0 Å². The van der Waals surface area contributed by atoms with E-state index in [1.165, 1.54) is 38.5 Å². The summed E-state index contributed by atoms with van der Waals surface area (Å²) in [5.41, 5.74) is 1.35. The molecule has 0 N–H and O–H groups in total. The third-order valence-corrected chi connectivity index (χ3v) is 8.19. The van der Waals surface area contributed by atoms with Crippen LogP contribution in [0.4, 0.5) is 0 Å². The zero-order chi connectivity index (χ0) is 12.4. The number of halogens is 1. The maximum atomic E-state index is 4.68. The van der Waals surface area contributed by atoms with Crippen LogP contribution < -0.4 is 0 Å². The lowest BCUT2D eigenvalue weighted by molar-refractivity contribution is -0.114. The summed E-state index contributed by atoms with van der Waals surface area (Å²) in [6.45, 7) is 0. The van der Waals surface area contributed by atoms with Crippen LogP contribution in [0.5, 0.6) is 0 Å². The molecule has 4 bridgehead atoms. The van der Waals surface area contributed by atoms with Crippen LogP contribution >= 0.6 is 53.8 Å². The van der Waals surface area contributed by atoms with Crippen molar-refractivity contribution < 1.29 is 0 Å². The van der Waals surface area contributed by atoms with E-state index in [0.717, 1.165) is 17.3 Å². The summed E-state index contributed by atoms with van der Waals surface area (Å²) in [7, 11) is 0. The molecule has 4 fully saturated rings. The van der Waals surface area contributed by atoms with E-state index in [2.05, 4.69) is 53.8 Å². The molecule has 0 aromatic rings. The SMILES string of the molecule is SCC12CC3(Br)CC(CS)(C1)CC(CS)(C3)C2. The van der Waals surface area contributed by atoms with Gasteiger partial charge in [-0.25, -0.2) is 0 Å². The Hall–Kier alpha value is 1.53. The highest BCUT2D eigenvalue weighted by Crippen LogP contribution is 2.73. The van der Waals surface area contributed by atoms with E-state index in [0.29, 0.717) is 20.6 Å². The third-order valence-electron chi connectivity index (χ3n) is 5.33. The minimum absolute atomic E-state index is 0.357. The van der Waals surface area contributed by atoms with Gasteiger partial charge in [-0.05, 0) is 72.0 Å². The van der Waals surface area contributed by atoms with Gasteiger partial charge in [-0.2, -0.15) is 37.9 Å². The average molecular weight is 353 g/mol. The van der Waals surface area contributed by atoms with Gasteiger partial charge in [-0.1, -0.05) is 15.9 Å². The van der Waals surface area contributed by atoms with Crippen LogP contribution in [-0.4, -0.2) is 21.6 Å². The average Bonchev–Trinajstić information content (AvgIpc) is 2.26. The Bertz CT molecular complexity index is 285. The maximum Gasteiger partial charge on any atom is 0.0274 e. The Kier molecular flexibility index (Phi) is 3.19. The van der Waals surface area contributed by atoms with Gasteiger partial charge in [0.15, 0.2) is 0 Å². The van der Waals surface area contributed by atoms with Crippen LogP contribution in [0.1, 0.15) is 38.5 Å². The molecule has 98 valence electrons. The molecule has 0 unspecified atom stereocenters. The molecule has 0 aromatic carbocycles. The van der Waals surface area contributed by atoms with E-state index >= 15 is 0 Å². The van der Waals surface area contributed by atoms with Crippen LogP contribution in [-0.2, 0) is 0 Å². The highest BCUT2D eigenvalue weighted by atomic mass is 79.9. The monoisotopic (exact) mass is 352 g/mol. The summed E-state index contributed by atoms with van der Waals surface area (Å²) < 4.78 is 0.357. The largest absolute Gasteiger partial charge is 0.179 e. The number of alkyl halides is 1. The number of thiol groups is 3. The topological polar surface area (TPSA) is 0 Å². The van der Waals surface area contributed by atoms with Crippen molar-refractivity contribution >= 4 is 53.8 Å². The molecular weight excluding hydrogens is 332 g/mol. The third kappa shape index (κ3) is 1.95. The van der Waals surface area contributed by atoms with Gasteiger partial charge in [-0.15, -0.1) is 0 Å². The Labute approximate surface area is 129 Å². The van der Waals surface area contributed by atoms with Gasteiger partial charge >= 0.3 is 0 Å². The zero-order valence-electron chi connectivity index (χ0n) is 10.1. The quantitative estimate of drug-likeness (QED) is 0.490. The summed E-state index contributed by atoms with van der Waals surface area (Å²) >= 11 is 18.1. The first-order valence-corrected chi connectivity index (χ1v) is 9.13. The fraction of sp³-hybridized carbons (Fsp3) is 1.00. The van der Waals surface area contributed by atoms with Crippen LogP contribution in [0.25, 0.3) is 0 Å². The molecule has 4 saturated carbocycles. The zero-order valence-corrected chi connectivity index (χ0v) is 14.4. The summed E-state index contributed by atoms with van der Waals surface area (Å²) in [4.78, 5) is 0. The summed E-state index contributed by atoms with van der Waals surface area (Å²) in [5.74, 6) is 3.10. The van der Waals surface area contributed by atoms with Crippen molar-refractivity contribution in [2.75, 3.05) is 17.3 Å². The molecule has 4 heteroatoms. The molecule has 17 heavy (non-hydrogen) atoms. The standard InChI is InChI=1S/C13H21BrS3/c14-13-4-10(7-15)1-11(5-13,8-16)3-12(2-10,6-13)9-17/h15-17H,1-9H2. The second-order valence-electron chi connectivity index (χ2n) is 7.19. The fourth-order valence-corrected chi connectivity index (χ4v) is 8.45. The van der Waals surface area contributed by atoms with E-state index in [1.807, 2.05) is 0 Å². The highest BCUT2D eigenvalue weighted by molar-refractivity contribution is 9.10. The van der Waals surface area contributed by atoms with Crippen LogP contribution in [0, 0.1) is 16.2 Å². The highest BCUT2D eigenvalue weighted by Gasteiger charge is 2.66. The molecule has 0 amide bonds. The van der Waals surface area contributed by atoms with E-state index in [1.54, 1.807) is 0 Å². The van der Waals surface area contributed by atoms with Gasteiger partial charge < -0.3 is 0 Å². The molecule has 0 spiro atoms. The maximum absolute atomic E-state index is 4.68. The lowest BCUT2D eigenvalue weighted by Gasteiger charge is -2.69. The molecule has 0 saturated heterocycles. The van der Waals surface area contributed by atoms with Gasteiger partial charge in [0.25, 0.3) is 0 Å². The molecule has 0 radical (unpaired) electrons. The molecular formula is C13H21BrS3. The van der Waals surface area contributed by atoms with Gasteiger partial charge in [0.05, 0.1) is 0 Å². The van der Waals surface area contributed by atoms with Crippen molar-refractivity contribution in [1.82, 2.24) is 0 Å². The summed E-state index contributed by atoms with van der Waals surface area (Å²) in [6.07, 6.45) is 7.97. The van der Waals surface area contributed by atoms with Gasteiger partial charge in [0.2, 0.25) is 0 Å². The predicted octanol–water partition coefficient (Wildman–Crippen LogP) is 4.25. The molecule has 0 atom stereocenters. The molecule has 0 nitrogen and oxygen atoms in total. The van der Waals surface area contributed by atoms with Crippen LogP contribution in [0.2, 0.25) is 0 Å². The Morgan fingerprint density at radius 2 is 0.941 bits per heavy atom. The molecule has 4 aliphatic rings. The minimum Gasteiger partial charge on any atom is -0.179 e. The van der Waals surface area contributed by atoms with Crippen molar-refractivity contribution in [3.8, 4) is 0 Å². The second kappa shape index (κ2) is 4.02. The first-order chi connectivity index (χ1) is 7.92. The minimum atomic E-state index is 0.357. The Morgan fingerprint density at radius 1 is 0.647 bits per heavy atom. The lowest BCUT2D eigenvalue weighted by atomic mass is 9.40. The smallest absolute Gasteiger partial charge is 0.0274 e. The summed E-state index contributed by atoms with van der Waals surface area (Å²) in [6, 6.07) is 0. The van der Waals surface area contributed by atoms with Crippen molar-refractivity contribution in [1.29, 1.82) is 0 Å². The molecule has 4 aliphatic carbocycles. The van der Waals surface area contributed by atoms with E-state index in [-0.39, 0.29) is 0 Å². The Balaban J connectivity index is 2.06. The second-order valence-corrected chi connectivity index (χ2v) is 9.82. The lowest BCUT2D eigenvalue weighted by Crippen LogP contribution is -2.63. The van der Waals surface area contributed by atoms with Gasteiger partial charge in [0, 0.05) is 4.32 Å². The summed E-state index contributed by atoms with van der Waals surface area (Å²) in [5, 5.41) is 0. The Morgan fingerprint density at radius 3 is 1.18 bits per heavy atom. The van der Waals surface area contributed by atoms with Crippen LogP contribution in [0.15, 0.2) is 0 Å². The van der Waals surface area contributed by atoms with Crippen molar-refractivity contribution in [3.63, 3.8) is 0 Å². The predicted molar refractivity (Wildman–Crippen MR) is 88.2 cm³/mol. The molecule has 0 aliphatic heterocycles. The molecule has 0 aromatic heterocycles. The van der Waals surface area contributed by atoms with Crippen LogP contribution in [0.3, 0.4) is 0 Å². The molecule has 0 heterocycles.